The van der Waals surface area contributed by atoms with Crippen molar-refractivity contribution in [3.05, 3.63) is 186 Å². The largest absolute Gasteiger partial charge is 0.351 e. The molecule has 0 unspecified atom stereocenters. The van der Waals surface area contributed by atoms with Crippen molar-refractivity contribution in [3.63, 3.8) is 0 Å². The van der Waals surface area contributed by atoms with Crippen LogP contribution in [0.15, 0.2) is 131 Å². The van der Waals surface area contributed by atoms with E-state index in [1.807, 2.05) is 12.1 Å². The van der Waals surface area contributed by atoms with Gasteiger partial charge in [-0.15, -0.1) is 0 Å². The molecule has 4 aliphatic carbocycles. The lowest BCUT2D eigenvalue weighted by Crippen LogP contribution is -2.41. The summed E-state index contributed by atoms with van der Waals surface area (Å²) in [7, 11) is -2.61. The van der Waals surface area contributed by atoms with Gasteiger partial charge in [0.25, 0.3) is 20.4 Å². The number of anilines is 2. The molecule has 0 spiro atoms. The molecule has 0 amide bonds. The third-order valence-corrected chi connectivity index (χ3v) is 16.2. The number of benzene rings is 4. The number of halogens is 3. The number of sulfonamides is 1. The van der Waals surface area contributed by atoms with Crippen molar-refractivity contribution < 1.29 is 26.7 Å². The molecule has 6 aromatic rings. The van der Waals surface area contributed by atoms with Gasteiger partial charge in [0, 0.05) is 70.3 Å². The van der Waals surface area contributed by atoms with Crippen LogP contribution >= 0.6 is 33.9 Å². The number of hydrogen-bond acceptors (Lipinski definition) is 15. The van der Waals surface area contributed by atoms with E-state index >= 15 is 0 Å². The zero-order valence-electron chi connectivity index (χ0n) is 38.9. The van der Waals surface area contributed by atoms with Crippen molar-refractivity contribution in [3.8, 4) is 0 Å². The van der Waals surface area contributed by atoms with E-state index in [1.165, 1.54) is 41.0 Å². The van der Waals surface area contributed by atoms with Gasteiger partial charge in [0.2, 0.25) is 21.9 Å². The minimum Gasteiger partial charge on any atom is -0.351 e. The van der Waals surface area contributed by atoms with Crippen LogP contribution in [0.25, 0.3) is 11.1 Å². The number of aromatic nitrogens is 4. The average Bonchev–Trinajstić information content (AvgIpc) is 4.00. The fourth-order valence-electron chi connectivity index (χ4n) is 9.18. The van der Waals surface area contributed by atoms with Crippen LogP contribution in [0.1, 0.15) is 85.0 Å². The molecule has 5 N–H and O–H groups in total. The van der Waals surface area contributed by atoms with Gasteiger partial charge < -0.3 is 16.4 Å². The van der Waals surface area contributed by atoms with E-state index in [9.17, 15) is 37.1 Å². The van der Waals surface area contributed by atoms with E-state index in [0.717, 1.165) is 98.0 Å². The second-order valence-electron chi connectivity index (χ2n) is 17.8. The van der Waals surface area contributed by atoms with E-state index in [0.29, 0.717) is 46.5 Å². The molecule has 0 saturated heterocycles. The van der Waals surface area contributed by atoms with Gasteiger partial charge in [-0.25, -0.2) is 41.5 Å². The number of allylic oxidation sites excluding steroid dienone is 2. The smallest absolute Gasteiger partial charge is 0.269 e. The van der Waals surface area contributed by atoms with Crippen molar-refractivity contribution in [1.29, 1.82) is 0 Å². The summed E-state index contributed by atoms with van der Waals surface area (Å²) >= 11 is 12.9. The van der Waals surface area contributed by atoms with E-state index in [-0.39, 0.29) is 39.3 Å². The highest BCUT2D eigenvalue weighted by Crippen LogP contribution is 2.37. The molecule has 18 nitrogen and oxygen atoms in total. The number of nitro groups is 2. The van der Waals surface area contributed by atoms with Crippen LogP contribution < -0.4 is 21.1 Å². The quantitative estimate of drug-likeness (QED) is 0.0504. The topological polar surface area (TPSA) is 268 Å². The molecule has 4 aromatic carbocycles. The number of non-ortho nitro benzene ring substituents is 2. The lowest BCUT2D eigenvalue weighted by molar-refractivity contribution is -0.385. The first-order chi connectivity index (χ1) is 34.9. The lowest BCUT2D eigenvalue weighted by Gasteiger charge is -2.30. The van der Waals surface area contributed by atoms with Gasteiger partial charge in [-0.05, 0) is 111 Å². The molecule has 0 bridgehead atoms. The summed E-state index contributed by atoms with van der Waals surface area (Å²) in [5, 5.41) is 28.9. The molecule has 4 aliphatic rings. The first-order valence-corrected chi connectivity index (χ1v) is 27.8. The summed E-state index contributed by atoms with van der Waals surface area (Å²) in [4.78, 5) is 37.8. The minimum atomic E-state index is -3.81. The Labute approximate surface area is 436 Å². The van der Waals surface area contributed by atoms with Gasteiger partial charge in [-0.1, -0.05) is 83.9 Å². The van der Waals surface area contributed by atoms with Crippen LogP contribution in [0, 0.1) is 20.2 Å². The maximum atomic E-state index is 12.8. The van der Waals surface area contributed by atoms with Crippen molar-refractivity contribution >= 4 is 87.4 Å². The molecule has 2 fully saturated rings. The number of nitrogens with one attached hydrogen (secondary N) is 3. The Balaban J connectivity index is 0.000000164. The molecule has 4 atom stereocenters. The second kappa shape index (κ2) is 23.2. The normalized spacial score (nSPS) is 19.1. The Hall–Kier alpha value is -6.39. The number of nitrogens with two attached hydrogens (primary N) is 1. The predicted octanol–water partition coefficient (Wildman–Crippen LogP) is 10.0. The highest BCUT2D eigenvalue weighted by atomic mass is 35.7. The maximum Gasteiger partial charge on any atom is 0.269 e. The van der Waals surface area contributed by atoms with Crippen LogP contribution in [0.4, 0.5) is 23.3 Å². The summed E-state index contributed by atoms with van der Waals surface area (Å²) in [5.74, 6) is 1.09. The molecule has 10 rings (SSSR count). The zero-order chi connectivity index (χ0) is 51.9. The average molecular weight is 1090 g/mol. The Morgan fingerprint density at radius 2 is 1.03 bits per heavy atom. The Kier molecular flexibility index (Phi) is 16.8. The van der Waals surface area contributed by atoms with Crippen molar-refractivity contribution in [2.75, 3.05) is 10.6 Å². The Bertz CT molecular complexity index is 3310. The number of nitro benzene ring substituents is 2. The number of fused-ring (bicyclic) bond motifs is 2. The number of hydrogen-bond donors (Lipinski definition) is 4. The third-order valence-electron chi connectivity index (χ3n) is 12.7. The first kappa shape index (κ1) is 52.9. The van der Waals surface area contributed by atoms with Gasteiger partial charge in [0.05, 0.1) is 53.5 Å². The van der Waals surface area contributed by atoms with Gasteiger partial charge in [-0.2, -0.15) is 0 Å². The second-order valence-corrected chi connectivity index (χ2v) is 22.9. The molecule has 0 aliphatic heterocycles. The molecule has 0 radical (unpaired) electrons. The molecule has 2 heterocycles. The molecule has 2 saturated carbocycles. The number of nitrogens with zero attached hydrogens (tertiary/aromatic N) is 6. The van der Waals surface area contributed by atoms with Crippen LogP contribution in [0.5, 0.6) is 0 Å². The maximum absolute atomic E-state index is 12.8. The fraction of sp³-hybridized carbons (Fsp3) is 0.280. The summed E-state index contributed by atoms with van der Waals surface area (Å²) < 4.78 is 49.8. The fourth-order valence-corrected chi connectivity index (χ4v) is 11.6. The summed E-state index contributed by atoms with van der Waals surface area (Å²) in [6.45, 7) is 0. The summed E-state index contributed by atoms with van der Waals surface area (Å²) in [6, 6.07) is 26.0. The van der Waals surface area contributed by atoms with Crippen molar-refractivity contribution in [2.45, 2.75) is 98.2 Å². The molecule has 23 heteroatoms. The van der Waals surface area contributed by atoms with Gasteiger partial charge in [0.15, 0.2) is 0 Å². The van der Waals surface area contributed by atoms with Crippen molar-refractivity contribution in [1.82, 2.24) is 24.7 Å². The van der Waals surface area contributed by atoms with E-state index in [1.54, 1.807) is 12.4 Å². The van der Waals surface area contributed by atoms with Crippen LogP contribution in [0.3, 0.4) is 0 Å². The van der Waals surface area contributed by atoms with E-state index in [4.69, 9.17) is 49.6 Å². The van der Waals surface area contributed by atoms with Crippen LogP contribution in [-0.4, -0.2) is 70.8 Å². The monoisotopic (exact) mass is 1090 g/mol. The highest BCUT2D eigenvalue weighted by Gasteiger charge is 2.29. The van der Waals surface area contributed by atoms with Gasteiger partial charge >= 0.3 is 0 Å². The first-order valence-electron chi connectivity index (χ1n) is 23.3. The minimum absolute atomic E-state index is 0.000946. The van der Waals surface area contributed by atoms with Crippen molar-refractivity contribution in [2.24, 2.45) is 5.73 Å². The summed E-state index contributed by atoms with van der Waals surface area (Å²) in [5.41, 5.74) is 14.2. The predicted molar refractivity (Wildman–Crippen MR) is 282 cm³/mol. The number of rotatable bonds is 12. The van der Waals surface area contributed by atoms with Gasteiger partial charge in [0.1, 0.15) is 0 Å². The molecule has 380 valence electrons. The van der Waals surface area contributed by atoms with Crippen LogP contribution in [0.2, 0.25) is 10.0 Å². The highest BCUT2D eigenvalue weighted by molar-refractivity contribution is 8.13. The summed E-state index contributed by atoms with van der Waals surface area (Å²) in [6.07, 6.45) is 16.6. The Morgan fingerprint density at radius 3 is 1.49 bits per heavy atom. The molecule has 73 heavy (non-hydrogen) atoms. The lowest BCUT2D eigenvalue weighted by atomic mass is 9.92. The SMILES string of the molecule is N[C@H]1CCC[C@@H](Nc2ncc(Cl)c(C3=CCc4ccccc43)n2)C1.O=[N+]([O-])c1ccc(S(=O)(=O)Cl)cc1.O=[N+]([O-])c1ccc(S(=O)(=O)N[C@H]2CCC[C@@H](Nc3ncc(Cl)c(C4=CCc5ccccc54)n3)C2)cc1. The van der Waals surface area contributed by atoms with Crippen LogP contribution in [-0.2, 0) is 31.9 Å². The standard InChI is InChI=1S/C25H24ClN5O4S.C19H21ClN4.C6H4ClNO4S/c26-23-15-27-25(29-24(23)22-13-8-16-4-1-2-7-21(16)22)28-17-5-3-6-18(14-17)30-36(34,35)20-11-9-19(10-12-20)31(32)33;20-17-11-22-19(23-14-6-3-5-13(21)10-14)24-18(17)16-9-8-12-4-1-2-7-15(12)16;7-13(11,12)6-3-1-5(2-4-6)8(9)10/h1-2,4,7,9-13,15,17-18,30H,3,5-6,8,14H2,(H,27,28,29);1-2,4,7,9,11,13-14H,3,5-6,8,10,21H2,(H,22,23,24);1-4H/t17-,18+;13-,14+;/m10./s1. The molecular weight excluding hydrogens is 1040 g/mol. The molecule has 2 aromatic heterocycles. The van der Waals surface area contributed by atoms with E-state index in [2.05, 4.69) is 73.9 Å². The Morgan fingerprint density at radius 1 is 0.589 bits per heavy atom. The van der Waals surface area contributed by atoms with E-state index < -0.39 is 28.9 Å². The third kappa shape index (κ3) is 13.4. The zero-order valence-corrected chi connectivity index (χ0v) is 42.8. The van der Waals surface area contributed by atoms with Gasteiger partial charge in [-0.3, -0.25) is 20.2 Å². The molecular formula is C50H49Cl3N10O8S2.